The van der Waals surface area contributed by atoms with E-state index in [4.69, 9.17) is 10.1 Å². The monoisotopic (exact) mass is 404 g/mol. The Morgan fingerprint density at radius 3 is 2.37 bits per heavy atom. The lowest BCUT2D eigenvalue weighted by atomic mass is 9.96. The summed E-state index contributed by atoms with van der Waals surface area (Å²) >= 11 is 0. The van der Waals surface area contributed by atoms with E-state index in [1.807, 2.05) is 29.6 Å². The van der Waals surface area contributed by atoms with E-state index >= 15 is 0 Å². The molecule has 3 rings (SSSR count). The van der Waals surface area contributed by atoms with Gasteiger partial charge < -0.3 is 10.2 Å². The number of anilines is 1. The first-order valence-corrected chi connectivity index (χ1v) is 10.7. The number of hydrogen-bond acceptors (Lipinski definition) is 5. The van der Waals surface area contributed by atoms with Crippen molar-refractivity contribution in [2.45, 2.75) is 47.0 Å². The Hall–Kier alpha value is -2.91. The van der Waals surface area contributed by atoms with Crippen LogP contribution in [-0.2, 0) is 5.41 Å². The average Bonchev–Trinajstić information content (AvgIpc) is 3.17. The number of aromatic nitrogens is 3. The van der Waals surface area contributed by atoms with E-state index in [0.29, 0.717) is 11.2 Å². The van der Waals surface area contributed by atoms with Crippen LogP contribution in [0.2, 0.25) is 0 Å². The van der Waals surface area contributed by atoms with Gasteiger partial charge in [-0.05, 0) is 31.1 Å². The maximum absolute atomic E-state index is 9.95. The van der Waals surface area contributed by atoms with Gasteiger partial charge in [-0.15, -0.1) is 5.10 Å². The molecule has 0 bridgehead atoms. The molecular formula is C24H32N6. The molecule has 1 N–H and O–H groups in total. The molecular weight excluding hydrogens is 372 g/mol. The van der Waals surface area contributed by atoms with Crippen LogP contribution in [0.4, 0.5) is 5.82 Å². The summed E-state index contributed by atoms with van der Waals surface area (Å²) in [6.07, 6.45) is 0. The Bertz CT molecular complexity index is 1050. The number of rotatable bonds is 7. The van der Waals surface area contributed by atoms with E-state index in [0.717, 1.165) is 54.5 Å². The summed E-state index contributed by atoms with van der Waals surface area (Å²) < 4.78 is 1.83. The van der Waals surface area contributed by atoms with Crippen molar-refractivity contribution < 1.29 is 0 Å². The lowest BCUT2D eigenvalue weighted by molar-refractivity contribution is 0.316. The number of nitrogens with zero attached hydrogens (tertiary/aromatic N) is 5. The molecule has 1 aromatic carbocycles. The second kappa shape index (κ2) is 8.85. The van der Waals surface area contributed by atoms with Gasteiger partial charge in [0.2, 0.25) is 0 Å². The van der Waals surface area contributed by atoms with Crippen molar-refractivity contribution in [2.75, 3.05) is 31.5 Å². The molecule has 30 heavy (non-hydrogen) atoms. The maximum atomic E-state index is 9.95. The van der Waals surface area contributed by atoms with Gasteiger partial charge in [0.05, 0.1) is 0 Å². The van der Waals surface area contributed by atoms with Gasteiger partial charge in [0.1, 0.15) is 17.5 Å². The first-order chi connectivity index (χ1) is 14.3. The van der Waals surface area contributed by atoms with Crippen molar-refractivity contribution in [1.29, 1.82) is 5.26 Å². The van der Waals surface area contributed by atoms with E-state index in [1.54, 1.807) is 0 Å². The van der Waals surface area contributed by atoms with Gasteiger partial charge in [-0.2, -0.15) is 9.78 Å². The summed E-state index contributed by atoms with van der Waals surface area (Å²) in [5.74, 6) is 1.62. The molecule has 0 fully saturated rings. The molecule has 0 unspecified atom stereocenters. The fourth-order valence-electron chi connectivity index (χ4n) is 3.65. The van der Waals surface area contributed by atoms with E-state index in [-0.39, 0.29) is 5.41 Å². The van der Waals surface area contributed by atoms with Gasteiger partial charge >= 0.3 is 0 Å². The largest absolute Gasteiger partial charge is 0.368 e. The van der Waals surface area contributed by atoms with Gasteiger partial charge in [-0.25, -0.2) is 4.98 Å². The van der Waals surface area contributed by atoms with Crippen LogP contribution in [0, 0.1) is 18.3 Å². The predicted octanol–water partition coefficient (Wildman–Crippen LogP) is 4.63. The third kappa shape index (κ3) is 4.17. The van der Waals surface area contributed by atoms with Crippen molar-refractivity contribution in [2.24, 2.45) is 0 Å². The van der Waals surface area contributed by atoms with Crippen LogP contribution in [0.5, 0.6) is 0 Å². The highest BCUT2D eigenvalue weighted by molar-refractivity contribution is 5.84. The van der Waals surface area contributed by atoms with Crippen LogP contribution in [0.15, 0.2) is 30.3 Å². The highest BCUT2D eigenvalue weighted by Crippen LogP contribution is 2.35. The third-order valence-electron chi connectivity index (χ3n) is 5.49. The van der Waals surface area contributed by atoms with E-state index in [9.17, 15) is 5.26 Å². The lowest BCUT2D eigenvalue weighted by Crippen LogP contribution is -2.29. The maximum Gasteiger partial charge on any atom is 0.176 e. The number of benzene rings is 1. The molecule has 0 aliphatic heterocycles. The molecule has 0 spiro atoms. The van der Waals surface area contributed by atoms with Crippen LogP contribution >= 0.6 is 0 Å². The SMILES string of the molecule is CCN(CC)CCNc1c(-c2ccccc2)c(C)c(C#N)c2nc(C(C)(C)C)nn12. The summed E-state index contributed by atoms with van der Waals surface area (Å²) in [5, 5.41) is 18.4. The molecule has 158 valence electrons. The summed E-state index contributed by atoms with van der Waals surface area (Å²) in [6, 6.07) is 12.6. The number of nitriles is 1. The Morgan fingerprint density at radius 1 is 1.13 bits per heavy atom. The van der Waals surface area contributed by atoms with E-state index in [1.165, 1.54) is 0 Å². The smallest absolute Gasteiger partial charge is 0.176 e. The minimum Gasteiger partial charge on any atom is -0.368 e. The summed E-state index contributed by atoms with van der Waals surface area (Å²) in [5.41, 5.74) is 3.97. The Labute approximate surface area is 179 Å². The van der Waals surface area contributed by atoms with Gasteiger partial charge in [-0.3, -0.25) is 0 Å². The Morgan fingerprint density at radius 2 is 1.80 bits per heavy atom. The minimum atomic E-state index is -0.210. The van der Waals surface area contributed by atoms with Crippen LogP contribution in [0.3, 0.4) is 0 Å². The quantitative estimate of drug-likeness (QED) is 0.622. The first kappa shape index (κ1) is 21.8. The summed E-state index contributed by atoms with van der Waals surface area (Å²) in [6.45, 7) is 16.4. The fourth-order valence-corrected chi connectivity index (χ4v) is 3.65. The van der Waals surface area contributed by atoms with Gasteiger partial charge in [-0.1, -0.05) is 65.0 Å². The van der Waals surface area contributed by atoms with Crippen LogP contribution in [-0.4, -0.2) is 45.7 Å². The van der Waals surface area contributed by atoms with Gasteiger partial charge in [0.15, 0.2) is 11.5 Å². The van der Waals surface area contributed by atoms with Crippen molar-refractivity contribution in [3.8, 4) is 17.2 Å². The fraction of sp³-hybridized carbons (Fsp3) is 0.458. The highest BCUT2D eigenvalue weighted by Gasteiger charge is 2.25. The zero-order valence-corrected chi connectivity index (χ0v) is 19.0. The van der Waals surface area contributed by atoms with Crippen LogP contribution in [0.25, 0.3) is 16.8 Å². The number of likely N-dealkylation sites (N-methyl/N-ethyl adjacent to an activating group) is 1. The summed E-state index contributed by atoms with van der Waals surface area (Å²) in [4.78, 5) is 7.15. The third-order valence-corrected chi connectivity index (χ3v) is 5.49. The first-order valence-electron chi connectivity index (χ1n) is 10.7. The van der Waals surface area contributed by atoms with Crippen LogP contribution in [0.1, 0.15) is 51.6 Å². The van der Waals surface area contributed by atoms with Gasteiger partial charge in [0, 0.05) is 24.1 Å². The molecule has 0 amide bonds. The van der Waals surface area contributed by atoms with Crippen molar-refractivity contribution in [3.05, 3.63) is 47.3 Å². The van der Waals surface area contributed by atoms with Crippen molar-refractivity contribution in [3.63, 3.8) is 0 Å². The molecule has 2 aromatic heterocycles. The second-order valence-electron chi connectivity index (χ2n) is 8.58. The van der Waals surface area contributed by atoms with Crippen molar-refractivity contribution >= 4 is 11.5 Å². The van der Waals surface area contributed by atoms with E-state index in [2.05, 4.69) is 63.0 Å². The second-order valence-corrected chi connectivity index (χ2v) is 8.58. The standard InChI is InChI=1S/C24H32N6/c1-7-29(8-2)15-14-26-22-20(18-12-10-9-11-13-18)17(3)19(16-25)21-27-23(24(4,5)6)28-30(21)22/h9-13,26H,7-8,14-15H2,1-6H3. The molecule has 6 heteroatoms. The number of hydrogen-bond donors (Lipinski definition) is 1. The molecule has 0 saturated carbocycles. The average molecular weight is 405 g/mol. The van der Waals surface area contributed by atoms with E-state index < -0.39 is 0 Å². The Kier molecular flexibility index (Phi) is 6.42. The van der Waals surface area contributed by atoms with Gasteiger partial charge in [0.25, 0.3) is 0 Å². The molecule has 6 nitrogen and oxygen atoms in total. The van der Waals surface area contributed by atoms with Crippen LogP contribution < -0.4 is 5.32 Å². The molecule has 0 radical (unpaired) electrons. The molecule has 0 aliphatic carbocycles. The van der Waals surface area contributed by atoms with Crippen molar-refractivity contribution in [1.82, 2.24) is 19.5 Å². The zero-order valence-electron chi connectivity index (χ0n) is 19.0. The highest BCUT2D eigenvalue weighted by atomic mass is 15.3. The summed E-state index contributed by atoms with van der Waals surface area (Å²) in [7, 11) is 0. The lowest BCUT2D eigenvalue weighted by Gasteiger charge is -2.21. The Balaban J connectivity index is 2.23. The number of nitrogens with one attached hydrogen (secondary N) is 1. The molecule has 3 aromatic rings. The molecule has 0 saturated heterocycles. The minimum absolute atomic E-state index is 0.210. The zero-order chi connectivity index (χ0) is 21.9. The normalized spacial score (nSPS) is 11.8. The number of pyridine rings is 1. The molecule has 2 heterocycles. The topological polar surface area (TPSA) is 69.2 Å². The number of fused-ring (bicyclic) bond motifs is 1. The molecule has 0 atom stereocenters. The predicted molar refractivity (Wildman–Crippen MR) is 123 cm³/mol. The molecule has 0 aliphatic rings.